The first kappa shape index (κ1) is 89.5. The van der Waals surface area contributed by atoms with E-state index in [0.717, 1.165) is 0 Å². The Morgan fingerprint density at radius 1 is 0.524 bits per heavy atom. The summed E-state index contributed by atoms with van der Waals surface area (Å²) in [5.41, 5.74) is 23.1. The van der Waals surface area contributed by atoms with Crippen LogP contribution in [0.5, 0.6) is 0 Å². The molecule has 0 radical (unpaired) electrons. The Kier molecular flexibility index (Phi) is 38.2. The number of guanidine groups is 1. The summed E-state index contributed by atoms with van der Waals surface area (Å²) in [4.78, 5) is 208. The summed E-state index contributed by atoms with van der Waals surface area (Å²) in [5, 5.41) is 69.4. The number of carboxylic acids is 1. The minimum absolute atomic E-state index is 0.0363. The summed E-state index contributed by atoms with van der Waals surface area (Å²) in [5.74, 6) is -17.0. The normalized spacial score (nSPS) is 16.6. The number of amides is 14. The summed E-state index contributed by atoms with van der Waals surface area (Å²) in [7, 11) is 0. The maximum atomic E-state index is 14.2. The van der Waals surface area contributed by atoms with Gasteiger partial charge in [-0.15, -0.1) is 0 Å². The molecule has 14 atom stereocenters. The van der Waals surface area contributed by atoms with Crippen LogP contribution >= 0.6 is 0 Å². The Bertz CT molecular complexity index is 3110. The molecule has 1 aliphatic rings. The molecule has 0 saturated carbocycles. The van der Waals surface area contributed by atoms with Gasteiger partial charge >= 0.3 is 5.97 Å². The van der Waals surface area contributed by atoms with Crippen LogP contribution in [0.2, 0.25) is 0 Å². The molecule has 1 heterocycles. The minimum Gasteiger partial charge on any atom is -0.480 e. The maximum Gasteiger partial charge on any atom is 0.326 e. The molecule has 2 rings (SSSR count). The van der Waals surface area contributed by atoms with Crippen molar-refractivity contribution in [2.45, 2.75) is 219 Å². The molecule has 0 spiro atoms. The smallest absolute Gasteiger partial charge is 0.326 e. The molecule has 1 aromatic rings. The molecule has 0 aromatic heterocycles. The predicted octanol–water partition coefficient (Wildman–Crippen LogP) is -6.54. The second-order valence-electron chi connectivity index (χ2n) is 27.4. The largest absolute Gasteiger partial charge is 0.480 e. The van der Waals surface area contributed by atoms with Crippen LogP contribution < -0.4 is 86.7 Å². The number of carboxylic acid groups (broad SMARTS) is 1. The van der Waals surface area contributed by atoms with Crippen LogP contribution in [0.1, 0.15) is 134 Å². The molecule has 1 fully saturated rings. The van der Waals surface area contributed by atoms with Gasteiger partial charge in [0.15, 0.2) is 5.96 Å². The van der Waals surface area contributed by atoms with E-state index in [2.05, 4.69) is 68.8 Å². The number of hydrogen-bond acceptors (Lipinski definition) is 20. The van der Waals surface area contributed by atoms with Gasteiger partial charge in [-0.05, 0) is 87.5 Å². The summed E-state index contributed by atoms with van der Waals surface area (Å²) < 4.78 is 0. The summed E-state index contributed by atoms with van der Waals surface area (Å²) in [6.07, 6.45) is -1.31. The van der Waals surface area contributed by atoms with E-state index in [9.17, 15) is 92.3 Å². The van der Waals surface area contributed by atoms with E-state index in [1.54, 1.807) is 44.2 Å². The highest BCUT2D eigenvalue weighted by Gasteiger charge is 2.42. The number of nitrogens with one attached hydrogen (secondary N) is 12. The van der Waals surface area contributed by atoms with Gasteiger partial charge in [-0.25, -0.2) is 4.79 Å². The van der Waals surface area contributed by atoms with Crippen molar-refractivity contribution in [3.05, 3.63) is 35.9 Å². The van der Waals surface area contributed by atoms with Gasteiger partial charge in [-0.2, -0.15) is 0 Å². The molecule has 0 unspecified atom stereocenters. The number of benzene rings is 1. The van der Waals surface area contributed by atoms with Gasteiger partial charge in [-0.3, -0.25) is 72.1 Å². The van der Waals surface area contributed by atoms with E-state index >= 15 is 0 Å². The van der Waals surface area contributed by atoms with Gasteiger partial charge in [-0.1, -0.05) is 99.6 Å². The van der Waals surface area contributed by atoms with E-state index in [4.69, 9.17) is 22.9 Å². The van der Waals surface area contributed by atoms with Gasteiger partial charge in [0, 0.05) is 19.5 Å². The fraction of sp³-hybridized carbons (Fsp3) is 0.667. The highest BCUT2D eigenvalue weighted by Crippen LogP contribution is 2.22. The molecule has 103 heavy (non-hydrogen) atoms. The quantitative estimate of drug-likeness (QED) is 0.0164. The van der Waals surface area contributed by atoms with Gasteiger partial charge < -0.3 is 112 Å². The van der Waals surface area contributed by atoms with E-state index in [1.165, 1.54) is 46.4 Å². The van der Waals surface area contributed by atoms with E-state index < -0.39 is 217 Å². The Morgan fingerprint density at radius 2 is 1.00 bits per heavy atom. The molecule has 578 valence electrons. The molecule has 14 amide bonds. The first-order valence-electron chi connectivity index (χ1n) is 34.3. The SMILES string of the molecule is CC(C)C[C@H](NC(=O)[C@@H](N)CC(C)C)C(=O)N1CCC[C@H]1C(=O)N[C@@H](CCCN=C(N)N)C(=O)N[C@H](C(=O)N[C@@H](C)C(=O)N[C@@H](CC(N)=O)C(=O)NCC(=O)N[C@@H](CO)C(=O)N[C@@H](CO)C(=O)N[C@@H](Cc1ccccc1)C(=O)N[C@H](C(=O)N[C@H](C(=O)N[C@H](C(=O)O)C(C)C)[C@@H](C)O)C(C)C)C(C)C. The summed E-state index contributed by atoms with van der Waals surface area (Å²) >= 11 is 0. The topological polar surface area (TPSA) is 601 Å². The minimum atomic E-state index is -1.88. The van der Waals surface area contributed by atoms with Crippen molar-refractivity contribution >= 4 is 94.6 Å². The number of hydrogen-bond donors (Lipinski definition) is 20. The lowest BCUT2D eigenvalue weighted by Gasteiger charge is -2.31. The van der Waals surface area contributed by atoms with E-state index in [-0.39, 0.29) is 63.0 Å². The highest BCUT2D eigenvalue weighted by molar-refractivity contribution is 6.00. The lowest BCUT2D eigenvalue weighted by atomic mass is 9.99. The van der Waals surface area contributed by atoms with Crippen molar-refractivity contribution in [1.82, 2.24) is 68.7 Å². The van der Waals surface area contributed by atoms with Gasteiger partial charge in [0.2, 0.25) is 82.7 Å². The van der Waals surface area contributed by atoms with Crippen LogP contribution in [0.3, 0.4) is 0 Å². The third kappa shape index (κ3) is 30.9. The zero-order valence-electron chi connectivity index (χ0n) is 60.7. The molecular formula is C66H110N18O19. The maximum absolute atomic E-state index is 14.2. The van der Waals surface area contributed by atoms with Gasteiger partial charge in [0.05, 0.1) is 38.3 Å². The monoisotopic (exact) mass is 1460 g/mol. The number of nitrogens with zero attached hydrogens (tertiary/aromatic N) is 2. The molecule has 37 nitrogen and oxygen atoms in total. The van der Waals surface area contributed by atoms with Gasteiger partial charge in [0.25, 0.3) is 0 Å². The van der Waals surface area contributed by atoms with Crippen molar-refractivity contribution in [2.75, 3.05) is 32.8 Å². The number of aliphatic hydroxyl groups is 3. The predicted molar refractivity (Wildman–Crippen MR) is 373 cm³/mol. The Balaban J connectivity index is 2.23. The molecule has 37 heteroatoms. The number of aliphatic carboxylic acids is 1. The van der Waals surface area contributed by atoms with Gasteiger partial charge in [0.1, 0.15) is 72.5 Å². The fourth-order valence-electron chi connectivity index (χ4n) is 10.7. The number of likely N-dealkylation sites (tertiary alicyclic amines) is 1. The van der Waals surface area contributed by atoms with Crippen LogP contribution in [-0.4, -0.2) is 237 Å². The lowest BCUT2D eigenvalue weighted by molar-refractivity contribution is -0.144. The zero-order chi connectivity index (χ0) is 78.3. The molecule has 1 aromatic carbocycles. The number of carbonyl (C=O) groups is 15. The molecule has 1 aliphatic heterocycles. The van der Waals surface area contributed by atoms with Crippen molar-refractivity contribution in [1.29, 1.82) is 0 Å². The van der Waals surface area contributed by atoms with E-state index in [1.807, 2.05) is 27.7 Å². The van der Waals surface area contributed by atoms with Crippen molar-refractivity contribution in [2.24, 2.45) is 57.5 Å². The average molecular weight is 1460 g/mol. The third-order valence-corrected chi connectivity index (χ3v) is 16.4. The zero-order valence-corrected chi connectivity index (χ0v) is 60.7. The number of primary amides is 1. The first-order chi connectivity index (χ1) is 48.1. The van der Waals surface area contributed by atoms with Crippen LogP contribution in [-0.2, 0) is 78.3 Å². The van der Waals surface area contributed by atoms with Crippen LogP contribution in [0.25, 0.3) is 0 Å². The molecule has 0 aliphatic carbocycles. The third-order valence-electron chi connectivity index (χ3n) is 16.4. The lowest BCUT2D eigenvalue weighted by Crippen LogP contribution is -2.62. The fourth-order valence-corrected chi connectivity index (χ4v) is 10.7. The molecule has 0 bridgehead atoms. The number of aliphatic imine (C=N–C) groups is 1. The molecule has 1 saturated heterocycles. The Hall–Kier alpha value is -9.62. The Morgan fingerprint density at radius 3 is 1.50 bits per heavy atom. The second-order valence-corrected chi connectivity index (χ2v) is 27.4. The van der Waals surface area contributed by atoms with Crippen molar-refractivity contribution < 1.29 is 92.3 Å². The molecule has 24 N–H and O–H groups in total. The number of carbonyl (C=O) groups excluding carboxylic acids is 14. The van der Waals surface area contributed by atoms with Crippen LogP contribution in [0.15, 0.2) is 35.3 Å². The van der Waals surface area contributed by atoms with E-state index in [0.29, 0.717) is 18.4 Å². The second kappa shape index (κ2) is 44.0. The number of aliphatic hydroxyl groups excluding tert-OH is 3. The Labute approximate surface area is 599 Å². The standard InChI is InChI=1S/C66H110N18O19/c1-31(2)24-39(67)54(91)78-43(25-32(3)4)64(101)84-23-17-21-46(84)60(97)75-40(20-16-22-71-66(69)70)56(93)80-49(33(5)6)61(98)73-36(11)53(90)76-42(27-47(68)88)55(92)72-28-48(89)74-44(29-85)58(95)79-45(30-86)59(96)77-41(26-38-18-14-13-15-19-38)57(94)81-50(34(7)8)62(99)83-52(37(12)87)63(100)82-51(35(9)10)65(102)103/h13-15,18-19,31-37,39-46,49-52,85-87H,16-17,20-30,67H2,1-12H3,(H2,68,88)(H,72,92)(H,73,98)(H,74,89)(H,75,97)(H,76,90)(H,77,96)(H,78,91)(H,79,95)(H,80,93)(H,81,94)(H,82,100)(H,83,99)(H,102,103)(H4,69,70,71)/t36-,37+,39-,40-,41-,42-,43-,44-,45-,46-,49-,50-,51-,52-/m0/s1. The first-order valence-corrected chi connectivity index (χ1v) is 34.3. The number of nitrogens with two attached hydrogens (primary N) is 4. The summed E-state index contributed by atoms with van der Waals surface area (Å²) in [6, 6.07) is -10.7. The average Bonchev–Trinajstić information content (AvgIpc) is 1.75. The molecular weight excluding hydrogens is 1350 g/mol. The van der Waals surface area contributed by atoms with Crippen LogP contribution in [0, 0.1) is 29.6 Å². The van der Waals surface area contributed by atoms with Crippen molar-refractivity contribution in [3.8, 4) is 0 Å². The highest BCUT2D eigenvalue weighted by atomic mass is 16.4. The summed E-state index contributed by atoms with van der Waals surface area (Å²) in [6.45, 7) is 16.1. The number of rotatable bonds is 44. The van der Waals surface area contributed by atoms with Crippen molar-refractivity contribution in [3.63, 3.8) is 0 Å². The van der Waals surface area contributed by atoms with Crippen LogP contribution in [0.4, 0.5) is 0 Å².